The van der Waals surface area contributed by atoms with Crippen LogP contribution in [0.1, 0.15) is 38.3 Å². The molecule has 1 aromatic rings. The number of nitrogens with one attached hydrogen (secondary N) is 1. The van der Waals surface area contributed by atoms with Gasteiger partial charge in [0.1, 0.15) is 6.04 Å². The standard InChI is InChI=1S/C17H26N2OS/c1-13(2)12-15-18-16(14-8-5-4-6-9-14)17(20)19(15)10-7-11-21-3/h4-6,8-9,13,15-16,18H,7,10-12H2,1-3H3. The summed E-state index contributed by atoms with van der Waals surface area (Å²) in [5.41, 5.74) is 1.07. The number of hydrogen-bond acceptors (Lipinski definition) is 3. The van der Waals surface area contributed by atoms with E-state index in [0.717, 1.165) is 30.7 Å². The van der Waals surface area contributed by atoms with Crippen molar-refractivity contribution < 1.29 is 4.79 Å². The maximum absolute atomic E-state index is 12.7. The van der Waals surface area contributed by atoms with E-state index in [2.05, 4.69) is 25.4 Å². The van der Waals surface area contributed by atoms with E-state index in [0.29, 0.717) is 5.92 Å². The van der Waals surface area contributed by atoms with Gasteiger partial charge in [0.25, 0.3) is 0 Å². The number of carbonyl (C=O) groups is 1. The van der Waals surface area contributed by atoms with Gasteiger partial charge in [-0.15, -0.1) is 0 Å². The third kappa shape index (κ3) is 4.24. The van der Waals surface area contributed by atoms with Crippen LogP contribution in [0.3, 0.4) is 0 Å². The lowest BCUT2D eigenvalue weighted by Crippen LogP contribution is -2.39. The Morgan fingerprint density at radius 3 is 2.62 bits per heavy atom. The molecule has 3 nitrogen and oxygen atoms in total. The maximum atomic E-state index is 12.7. The molecule has 21 heavy (non-hydrogen) atoms. The van der Waals surface area contributed by atoms with E-state index in [9.17, 15) is 4.79 Å². The SMILES string of the molecule is CSCCCN1C(=O)C(c2ccccc2)NC1CC(C)C. The van der Waals surface area contributed by atoms with E-state index in [1.54, 1.807) is 0 Å². The van der Waals surface area contributed by atoms with Gasteiger partial charge in [0.2, 0.25) is 5.91 Å². The van der Waals surface area contributed by atoms with E-state index in [1.165, 1.54) is 0 Å². The van der Waals surface area contributed by atoms with Gasteiger partial charge in [0, 0.05) is 6.54 Å². The van der Waals surface area contributed by atoms with Gasteiger partial charge in [-0.3, -0.25) is 10.1 Å². The highest BCUT2D eigenvalue weighted by molar-refractivity contribution is 7.98. The number of amides is 1. The molecule has 116 valence electrons. The molecule has 0 saturated carbocycles. The lowest BCUT2D eigenvalue weighted by Gasteiger charge is -2.25. The molecule has 1 heterocycles. The summed E-state index contributed by atoms with van der Waals surface area (Å²) < 4.78 is 0. The minimum absolute atomic E-state index is 0.171. The summed E-state index contributed by atoms with van der Waals surface area (Å²) >= 11 is 1.84. The predicted octanol–water partition coefficient (Wildman–Crippen LogP) is 3.28. The second kappa shape index (κ2) is 7.85. The molecule has 1 fully saturated rings. The van der Waals surface area contributed by atoms with Crippen LogP contribution in [0, 0.1) is 5.92 Å². The summed E-state index contributed by atoms with van der Waals surface area (Å²) in [6.07, 6.45) is 4.35. The minimum Gasteiger partial charge on any atom is -0.325 e. The van der Waals surface area contributed by atoms with Gasteiger partial charge in [-0.1, -0.05) is 44.2 Å². The van der Waals surface area contributed by atoms with Crippen LogP contribution in [0.2, 0.25) is 0 Å². The first-order valence-electron chi connectivity index (χ1n) is 7.74. The molecule has 1 amide bonds. The van der Waals surface area contributed by atoms with Crippen molar-refractivity contribution in [2.45, 2.75) is 38.9 Å². The first kappa shape index (κ1) is 16.4. The summed E-state index contributed by atoms with van der Waals surface area (Å²) in [6, 6.07) is 9.88. The minimum atomic E-state index is -0.177. The van der Waals surface area contributed by atoms with Crippen LogP contribution in [0.25, 0.3) is 0 Å². The maximum Gasteiger partial charge on any atom is 0.245 e. The van der Waals surface area contributed by atoms with E-state index >= 15 is 0 Å². The lowest BCUT2D eigenvalue weighted by molar-refractivity contribution is -0.130. The quantitative estimate of drug-likeness (QED) is 0.785. The van der Waals surface area contributed by atoms with Crippen molar-refractivity contribution >= 4 is 17.7 Å². The Morgan fingerprint density at radius 1 is 1.29 bits per heavy atom. The van der Waals surface area contributed by atoms with Gasteiger partial charge in [0.05, 0.1) is 6.17 Å². The Hall–Kier alpha value is -1.00. The molecular weight excluding hydrogens is 280 g/mol. The number of hydrogen-bond donors (Lipinski definition) is 1. The van der Waals surface area contributed by atoms with Gasteiger partial charge in [-0.25, -0.2) is 0 Å². The first-order chi connectivity index (χ1) is 10.1. The van der Waals surface area contributed by atoms with E-state index in [1.807, 2.05) is 47.0 Å². The molecule has 2 unspecified atom stereocenters. The molecule has 4 heteroatoms. The number of thioether (sulfide) groups is 1. The molecular formula is C17H26N2OS. The lowest BCUT2D eigenvalue weighted by atomic mass is 10.1. The summed E-state index contributed by atoms with van der Waals surface area (Å²) in [5, 5.41) is 3.53. The molecule has 0 spiro atoms. The van der Waals surface area contributed by atoms with E-state index in [4.69, 9.17) is 0 Å². The van der Waals surface area contributed by atoms with Gasteiger partial charge in [-0.05, 0) is 36.3 Å². The second-order valence-electron chi connectivity index (χ2n) is 6.03. The van der Waals surface area contributed by atoms with Crippen molar-refractivity contribution in [3.8, 4) is 0 Å². The van der Waals surface area contributed by atoms with Gasteiger partial charge >= 0.3 is 0 Å². The van der Waals surface area contributed by atoms with Crippen LogP contribution in [-0.2, 0) is 4.79 Å². The van der Waals surface area contributed by atoms with Crippen LogP contribution in [0.4, 0.5) is 0 Å². The molecule has 1 aliphatic heterocycles. The van der Waals surface area contributed by atoms with Gasteiger partial charge in [-0.2, -0.15) is 11.8 Å². The molecule has 0 bridgehead atoms. The fourth-order valence-electron chi connectivity index (χ4n) is 2.84. The highest BCUT2D eigenvalue weighted by Gasteiger charge is 2.39. The van der Waals surface area contributed by atoms with Crippen molar-refractivity contribution in [3.63, 3.8) is 0 Å². The van der Waals surface area contributed by atoms with Crippen molar-refractivity contribution in [2.24, 2.45) is 5.92 Å². The average molecular weight is 306 g/mol. The Morgan fingerprint density at radius 2 is 2.00 bits per heavy atom. The normalized spacial score (nSPS) is 22.3. The molecule has 2 rings (SSSR count). The average Bonchev–Trinajstić information content (AvgIpc) is 2.77. The van der Waals surface area contributed by atoms with Crippen LogP contribution in [-0.4, -0.2) is 35.5 Å². The second-order valence-corrected chi connectivity index (χ2v) is 7.02. The Balaban J connectivity index is 2.10. The van der Waals surface area contributed by atoms with Crippen LogP contribution in [0.15, 0.2) is 30.3 Å². The van der Waals surface area contributed by atoms with Crippen molar-refractivity contribution in [1.29, 1.82) is 0 Å². The number of carbonyl (C=O) groups excluding carboxylic acids is 1. The number of nitrogens with zero attached hydrogens (tertiary/aromatic N) is 1. The summed E-state index contributed by atoms with van der Waals surface area (Å²) in [6.45, 7) is 5.28. The summed E-state index contributed by atoms with van der Waals surface area (Å²) in [7, 11) is 0. The molecule has 1 N–H and O–H groups in total. The van der Waals surface area contributed by atoms with Crippen molar-refractivity contribution in [3.05, 3.63) is 35.9 Å². The highest BCUT2D eigenvalue weighted by atomic mass is 32.2. The molecule has 0 radical (unpaired) electrons. The topological polar surface area (TPSA) is 32.3 Å². The zero-order valence-electron chi connectivity index (χ0n) is 13.2. The number of rotatable bonds is 7. The van der Waals surface area contributed by atoms with Crippen molar-refractivity contribution in [2.75, 3.05) is 18.6 Å². The van der Waals surface area contributed by atoms with Crippen LogP contribution < -0.4 is 5.32 Å². The fraction of sp³-hybridized carbons (Fsp3) is 0.588. The molecule has 1 aliphatic rings. The van der Waals surface area contributed by atoms with Gasteiger partial charge in [0.15, 0.2) is 0 Å². The highest BCUT2D eigenvalue weighted by Crippen LogP contribution is 2.27. The fourth-order valence-corrected chi connectivity index (χ4v) is 3.26. The zero-order valence-corrected chi connectivity index (χ0v) is 14.0. The van der Waals surface area contributed by atoms with E-state index < -0.39 is 0 Å². The largest absolute Gasteiger partial charge is 0.325 e. The molecule has 2 atom stereocenters. The van der Waals surface area contributed by atoms with Crippen LogP contribution >= 0.6 is 11.8 Å². The van der Waals surface area contributed by atoms with Gasteiger partial charge < -0.3 is 4.90 Å². The smallest absolute Gasteiger partial charge is 0.245 e. The monoisotopic (exact) mass is 306 g/mol. The van der Waals surface area contributed by atoms with E-state index in [-0.39, 0.29) is 18.1 Å². The third-order valence-electron chi connectivity index (χ3n) is 3.84. The molecule has 0 aliphatic carbocycles. The molecule has 1 saturated heterocycles. The summed E-state index contributed by atoms with van der Waals surface area (Å²) in [4.78, 5) is 14.8. The molecule has 1 aromatic carbocycles. The summed E-state index contributed by atoms with van der Waals surface area (Å²) in [5.74, 6) is 1.91. The zero-order chi connectivity index (χ0) is 15.2. The Labute approximate surface area is 132 Å². The predicted molar refractivity (Wildman–Crippen MR) is 90.3 cm³/mol. The third-order valence-corrected chi connectivity index (χ3v) is 4.54. The molecule has 0 aromatic heterocycles. The Bertz CT molecular complexity index is 449. The Kier molecular flexibility index (Phi) is 6.12. The first-order valence-corrected chi connectivity index (χ1v) is 9.13. The van der Waals surface area contributed by atoms with Crippen LogP contribution in [0.5, 0.6) is 0 Å². The van der Waals surface area contributed by atoms with Crippen molar-refractivity contribution in [1.82, 2.24) is 10.2 Å². The number of benzene rings is 1.